The van der Waals surface area contributed by atoms with Crippen LogP contribution in [0.1, 0.15) is 5.56 Å². The van der Waals surface area contributed by atoms with Gasteiger partial charge in [0, 0.05) is 17.4 Å². The zero-order valence-corrected chi connectivity index (χ0v) is 13.1. The van der Waals surface area contributed by atoms with E-state index in [1.165, 1.54) is 12.1 Å². The molecular weight excluding hydrogens is 358 g/mol. The third-order valence-corrected chi connectivity index (χ3v) is 4.00. The molecule has 2 aromatic rings. The second-order valence-electron chi connectivity index (χ2n) is 5.36. The summed E-state index contributed by atoms with van der Waals surface area (Å²) in [5, 5.41) is 52.3. The van der Waals surface area contributed by atoms with Crippen molar-refractivity contribution in [3.63, 3.8) is 0 Å². The molecule has 0 spiro atoms. The zero-order chi connectivity index (χ0) is 19.9. The lowest BCUT2D eigenvalue weighted by Crippen LogP contribution is -2.27. The summed E-state index contributed by atoms with van der Waals surface area (Å²) in [4.78, 5) is 31.5. The number of fused-ring (bicyclic) bond motifs is 3. The van der Waals surface area contributed by atoms with Crippen molar-refractivity contribution in [1.82, 2.24) is 0 Å². The molecule has 0 bridgehead atoms. The number of nitrogens with zero attached hydrogens (tertiary/aromatic N) is 5. The van der Waals surface area contributed by atoms with Crippen LogP contribution in [-0.2, 0) is 0 Å². The molecule has 0 aliphatic heterocycles. The highest BCUT2D eigenvalue weighted by molar-refractivity contribution is 5.95. The number of nitriles is 2. The summed E-state index contributed by atoms with van der Waals surface area (Å²) in [5.74, 6) is 0. The van der Waals surface area contributed by atoms with Crippen molar-refractivity contribution in [2.75, 3.05) is 0 Å². The van der Waals surface area contributed by atoms with Gasteiger partial charge in [-0.25, -0.2) is 0 Å². The van der Waals surface area contributed by atoms with Crippen LogP contribution >= 0.6 is 0 Å². The molecule has 3 rings (SSSR count). The Balaban J connectivity index is 2.60. The highest BCUT2D eigenvalue weighted by Crippen LogP contribution is 2.41. The van der Waals surface area contributed by atoms with Crippen molar-refractivity contribution in [2.24, 2.45) is 0 Å². The molecular formula is C16H5N5O6. The van der Waals surface area contributed by atoms with Gasteiger partial charge in [-0.3, -0.25) is 30.3 Å². The van der Waals surface area contributed by atoms with Crippen LogP contribution in [0.4, 0.5) is 17.1 Å². The molecule has 0 heterocycles. The van der Waals surface area contributed by atoms with Gasteiger partial charge in [0.25, 0.3) is 17.1 Å². The third kappa shape index (κ3) is 2.52. The van der Waals surface area contributed by atoms with Gasteiger partial charge in [0.1, 0.15) is 17.7 Å². The van der Waals surface area contributed by atoms with Crippen molar-refractivity contribution in [3.05, 3.63) is 70.6 Å². The van der Waals surface area contributed by atoms with Gasteiger partial charge in [0.15, 0.2) is 0 Å². The Kier molecular flexibility index (Phi) is 3.83. The molecule has 0 fully saturated rings. The van der Waals surface area contributed by atoms with E-state index in [-0.39, 0.29) is 32.7 Å². The summed E-state index contributed by atoms with van der Waals surface area (Å²) in [6.07, 6.45) is 1.27. The standard InChI is InChI=1S/C16H5N5O6/c17-6-9(7-18)11-1-2-13(20(24)25)16-12(11)4-8-3-10(19(22)23)5-14(15(8)16)21(26)27/h1-5H. The maximum atomic E-state index is 11.4. The topological polar surface area (TPSA) is 177 Å². The predicted molar refractivity (Wildman–Crippen MR) is 89.3 cm³/mol. The van der Waals surface area contributed by atoms with Crippen molar-refractivity contribution in [2.45, 2.75) is 0 Å². The first-order chi connectivity index (χ1) is 12.8. The number of rotatable bonds is 3. The Labute approximate surface area is 148 Å². The summed E-state index contributed by atoms with van der Waals surface area (Å²) in [6.45, 7) is 0. The summed E-state index contributed by atoms with van der Waals surface area (Å²) >= 11 is 0. The molecule has 0 amide bonds. The fourth-order valence-corrected chi connectivity index (χ4v) is 2.96. The quantitative estimate of drug-likeness (QED) is 0.495. The summed E-state index contributed by atoms with van der Waals surface area (Å²) in [6, 6.07) is 7.33. The van der Waals surface area contributed by atoms with Gasteiger partial charge in [0.2, 0.25) is 0 Å². The highest BCUT2D eigenvalue weighted by atomic mass is 16.6. The molecule has 0 saturated heterocycles. The smallest absolute Gasteiger partial charge is 0.258 e. The van der Waals surface area contributed by atoms with Crippen LogP contribution in [0.5, 0.6) is 0 Å². The SMILES string of the molecule is N#CC(C#N)=c1ccc([N+](=O)[O-])c2c1=Cc1cc([N+](=O)[O-])cc([N+](=O)[O-])c1-2. The summed E-state index contributed by atoms with van der Waals surface area (Å²) < 4.78 is 0. The molecule has 0 unspecified atom stereocenters. The first kappa shape index (κ1) is 17.2. The number of hydrogen-bond acceptors (Lipinski definition) is 8. The van der Waals surface area contributed by atoms with Crippen LogP contribution < -0.4 is 10.4 Å². The van der Waals surface area contributed by atoms with Crippen LogP contribution in [-0.4, -0.2) is 14.8 Å². The predicted octanol–water partition coefficient (Wildman–Crippen LogP) is 1.42. The summed E-state index contributed by atoms with van der Waals surface area (Å²) in [7, 11) is 0. The van der Waals surface area contributed by atoms with Crippen molar-refractivity contribution >= 4 is 28.7 Å². The maximum absolute atomic E-state index is 11.4. The Bertz CT molecular complexity index is 1270. The molecule has 27 heavy (non-hydrogen) atoms. The third-order valence-electron chi connectivity index (χ3n) is 4.00. The van der Waals surface area contributed by atoms with E-state index in [9.17, 15) is 30.3 Å². The summed E-state index contributed by atoms with van der Waals surface area (Å²) in [5.41, 5.74) is -2.35. The van der Waals surface area contributed by atoms with Crippen LogP contribution in [0, 0.1) is 53.0 Å². The maximum Gasteiger partial charge on any atom is 0.284 e. The molecule has 1 aliphatic carbocycles. The molecule has 11 heteroatoms. The Morgan fingerprint density at radius 2 is 1.48 bits per heavy atom. The fourth-order valence-electron chi connectivity index (χ4n) is 2.96. The molecule has 0 radical (unpaired) electrons. The van der Waals surface area contributed by atoms with Crippen molar-refractivity contribution < 1.29 is 14.8 Å². The minimum Gasteiger partial charge on any atom is -0.258 e. The van der Waals surface area contributed by atoms with Crippen LogP contribution in [0.25, 0.3) is 22.8 Å². The lowest BCUT2D eigenvalue weighted by Gasteiger charge is -2.04. The van der Waals surface area contributed by atoms with Gasteiger partial charge in [-0.2, -0.15) is 10.5 Å². The van der Waals surface area contributed by atoms with E-state index in [0.29, 0.717) is 0 Å². The van der Waals surface area contributed by atoms with Gasteiger partial charge in [-0.1, -0.05) is 0 Å². The van der Waals surface area contributed by atoms with E-state index in [2.05, 4.69) is 0 Å². The highest BCUT2D eigenvalue weighted by Gasteiger charge is 2.33. The number of hydrogen-bond donors (Lipinski definition) is 0. The number of non-ortho nitro benzene ring substituents is 1. The Hall–Kier alpha value is -4.64. The normalized spacial score (nSPS) is 10.6. The van der Waals surface area contributed by atoms with E-state index in [1.807, 2.05) is 0 Å². The van der Waals surface area contributed by atoms with Gasteiger partial charge >= 0.3 is 0 Å². The molecule has 11 nitrogen and oxygen atoms in total. The van der Waals surface area contributed by atoms with Crippen LogP contribution in [0.2, 0.25) is 0 Å². The minimum atomic E-state index is -0.871. The molecule has 1 aliphatic rings. The molecule has 2 aromatic carbocycles. The number of benzene rings is 2. The second-order valence-corrected chi connectivity index (χ2v) is 5.36. The minimum absolute atomic E-state index is 0.0247. The first-order valence-electron chi connectivity index (χ1n) is 7.11. The van der Waals surface area contributed by atoms with Gasteiger partial charge in [0.05, 0.1) is 32.0 Å². The second kappa shape index (κ2) is 6.02. The lowest BCUT2D eigenvalue weighted by molar-refractivity contribution is -0.394. The van der Waals surface area contributed by atoms with E-state index in [4.69, 9.17) is 10.5 Å². The molecule has 0 N–H and O–H groups in total. The molecule has 0 atom stereocenters. The fraction of sp³-hybridized carbons (Fsp3) is 0. The first-order valence-corrected chi connectivity index (χ1v) is 7.11. The Morgan fingerprint density at radius 3 is 2.00 bits per heavy atom. The zero-order valence-electron chi connectivity index (χ0n) is 13.1. The average molecular weight is 363 g/mol. The largest absolute Gasteiger partial charge is 0.284 e. The Morgan fingerprint density at radius 1 is 0.852 bits per heavy atom. The van der Waals surface area contributed by atoms with Crippen molar-refractivity contribution in [1.29, 1.82) is 10.5 Å². The van der Waals surface area contributed by atoms with Gasteiger partial charge in [-0.15, -0.1) is 0 Å². The van der Waals surface area contributed by atoms with Crippen molar-refractivity contribution in [3.8, 4) is 23.3 Å². The van der Waals surface area contributed by atoms with Crippen LogP contribution in [0.15, 0.2) is 24.3 Å². The monoisotopic (exact) mass is 363 g/mol. The molecule has 0 saturated carbocycles. The lowest BCUT2D eigenvalue weighted by atomic mass is 9.99. The number of nitro benzene ring substituents is 3. The average Bonchev–Trinajstić information content (AvgIpc) is 3.01. The van der Waals surface area contributed by atoms with Gasteiger partial charge < -0.3 is 0 Å². The molecule has 0 aromatic heterocycles. The van der Waals surface area contributed by atoms with E-state index >= 15 is 0 Å². The number of nitro groups is 3. The van der Waals surface area contributed by atoms with Crippen LogP contribution in [0.3, 0.4) is 0 Å². The van der Waals surface area contributed by atoms with E-state index < -0.39 is 31.8 Å². The molecule has 130 valence electrons. The van der Waals surface area contributed by atoms with Gasteiger partial charge in [-0.05, 0) is 22.9 Å². The van der Waals surface area contributed by atoms with E-state index in [0.717, 1.165) is 18.2 Å². The van der Waals surface area contributed by atoms with E-state index in [1.54, 1.807) is 12.1 Å².